The van der Waals surface area contributed by atoms with E-state index in [1.54, 1.807) is 11.8 Å². The highest BCUT2D eigenvalue weighted by molar-refractivity contribution is 7.21. The first-order valence-electron chi connectivity index (χ1n) is 13.7. The molecule has 0 radical (unpaired) electrons. The van der Waals surface area contributed by atoms with Crippen molar-refractivity contribution in [1.82, 2.24) is 29.0 Å². The topological polar surface area (TPSA) is 134 Å². The van der Waals surface area contributed by atoms with E-state index in [2.05, 4.69) is 10.2 Å². The van der Waals surface area contributed by atoms with Crippen LogP contribution < -0.4 is 16.0 Å². The third-order valence-electron chi connectivity index (χ3n) is 7.45. The number of ether oxygens (including phenoxy) is 2. The van der Waals surface area contributed by atoms with Gasteiger partial charge in [-0.05, 0) is 31.5 Å². The van der Waals surface area contributed by atoms with E-state index in [4.69, 9.17) is 9.47 Å². The Hall–Kier alpha value is -3.88. The number of fused-ring (bicyclic) bond motifs is 1. The molecule has 1 saturated heterocycles. The average Bonchev–Trinajstić information content (AvgIpc) is 3.73. The molecule has 12 nitrogen and oxygen atoms in total. The number of aromatic nitrogens is 5. The van der Waals surface area contributed by atoms with Crippen LogP contribution in [0.3, 0.4) is 0 Å². The molecule has 0 bridgehead atoms. The first kappa shape index (κ1) is 29.6. The molecule has 2 unspecified atom stereocenters. The number of carbonyl (C=O) groups excluding carboxylic acids is 1. The molecule has 4 aromatic rings. The quantitative estimate of drug-likeness (QED) is 0.294. The highest BCUT2D eigenvalue weighted by Gasteiger charge is 2.33. The number of hydrogen-bond acceptors (Lipinski definition) is 9. The Labute approximate surface area is 244 Å². The van der Waals surface area contributed by atoms with E-state index >= 15 is 0 Å². The molecule has 2 atom stereocenters. The molecule has 1 N–H and O–H groups in total. The standard InChI is InChI=1S/C28H33FN6O6S/c1-16(2)24(37)32-10-7-19(14-32)34-25(38)23-17(3)26(35-30-8-9-31-35)42-27(23)33(28(34)39)15-22(41-12-11-36)20-13-18(29)5-6-21(20)40-4/h5-6,8-9,13,16,19,22,36H,7,10-12,14-15H2,1-4H3. The van der Waals surface area contributed by atoms with Crippen LogP contribution in [0, 0.1) is 18.7 Å². The first-order valence-corrected chi connectivity index (χ1v) is 14.5. The van der Waals surface area contributed by atoms with Crippen molar-refractivity contribution in [2.45, 2.75) is 45.9 Å². The summed E-state index contributed by atoms with van der Waals surface area (Å²) in [7, 11) is 1.45. The summed E-state index contributed by atoms with van der Waals surface area (Å²) in [6.07, 6.45) is 2.57. The minimum Gasteiger partial charge on any atom is -0.496 e. The summed E-state index contributed by atoms with van der Waals surface area (Å²) in [5, 5.41) is 18.8. The second kappa shape index (κ2) is 12.2. The fourth-order valence-electron chi connectivity index (χ4n) is 5.42. The maximum Gasteiger partial charge on any atom is 0.332 e. The van der Waals surface area contributed by atoms with Gasteiger partial charge in [0.15, 0.2) is 0 Å². The number of aliphatic hydroxyl groups excluding tert-OH is 1. The van der Waals surface area contributed by atoms with Crippen LogP contribution in [-0.4, -0.2) is 73.5 Å². The van der Waals surface area contributed by atoms with Gasteiger partial charge in [0.2, 0.25) is 5.91 Å². The number of halogens is 1. The molecule has 1 aliphatic rings. The normalized spacial score (nSPS) is 16.1. The molecule has 224 valence electrons. The van der Waals surface area contributed by atoms with E-state index in [1.165, 1.54) is 63.0 Å². The van der Waals surface area contributed by atoms with Crippen LogP contribution in [-0.2, 0) is 16.1 Å². The van der Waals surface area contributed by atoms with Gasteiger partial charge in [0.25, 0.3) is 5.56 Å². The van der Waals surface area contributed by atoms with Crippen molar-refractivity contribution < 1.29 is 23.8 Å². The minimum atomic E-state index is -0.911. The Bertz CT molecular complexity index is 1710. The monoisotopic (exact) mass is 600 g/mol. The Morgan fingerprint density at radius 1 is 1.24 bits per heavy atom. The molecule has 0 aliphatic carbocycles. The molecule has 1 fully saturated rings. The number of aryl methyl sites for hydroxylation is 1. The molecule has 4 heterocycles. The third-order valence-corrected chi connectivity index (χ3v) is 8.73. The highest BCUT2D eigenvalue weighted by Crippen LogP contribution is 2.34. The predicted octanol–water partition coefficient (Wildman–Crippen LogP) is 2.44. The van der Waals surface area contributed by atoms with Crippen molar-refractivity contribution in [3.05, 3.63) is 68.4 Å². The van der Waals surface area contributed by atoms with Gasteiger partial charge in [-0.25, -0.2) is 9.18 Å². The largest absolute Gasteiger partial charge is 0.496 e. The van der Waals surface area contributed by atoms with Gasteiger partial charge in [0.1, 0.15) is 27.5 Å². The molecule has 14 heteroatoms. The summed E-state index contributed by atoms with van der Waals surface area (Å²) in [6, 6.07) is 3.46. The highest BCUT2D eigenvalue weighted by atomic mass is 32.1. The van der Waals surface area contributed by atoms with Crippen molar-refractivity contribution in [2.75, 3.05) is 33.4 Å². The van der Waals surface area contributed by atoms with Crippen LogP contribution in [0.1, 0.15) is 43.5 Å². The second-order valence-corrected chi connectivity index (χ2v) is 11.4. The van der Waals surface area contributed by atoms with E-state index < -0.39 is 29.2 Å². The number of hydrogen-bond donors (Lipinski definition) is 1. The smallest absolute Gasteiger partial charge is 0.332 e. The van der Waals surface area contributed by atoms with E-state index in [9.17, 15) is 23.9 Å². The molecule has 0 spiro atoms. The zero-order valence-electron chi connectivity index (χ0n) is 23.8. The number of methoxy groups -OCH3 is 1. The first-order chi connectivity index (χ1) is 20.2. The molecule has 3 aromatic heterocycles. The van der Waals surface area contributed by atoms with Gasteiger partial charge >= 0.3 is 5.69 Å². The lowest BCUT2D eigenvalue weighted by atomic mass is 10.1. The Morgan fingerprint density at radius 3 is 2.64 bits per heavy atom. The number of rotatable bonds is 10. The lowest BCUT2D eigenvalue weighted by Crippen LogP contribution is -2.44. The Morgan fingerprint density at radius 2 is 1.98 bits per heavy atom. The van der Waals surface area contributed by atoms with Gasteiger partial charge < -0.3 is 19.5 Å². The van der Waals surface area contributed by atoms with Crippen molar-refractivity contribution in [3.63, 3.8) is 0 Å². The van der Waals surface area contributed by atoms with Gasteiger partial charge in [0.05, 0.1) is 50.7 Å². The molecular formula is C28H33FN6O6S. The van der Waals surface area contributed by atoms with Crippen molar-refractivity contribution >= 4 is 27.5 Å². The number of amides is 1. The lowest BCUT2D eigenvalue weighted by molar-refractivity contribution is -0.133. The average molecular weight is 601 g/mol. The summed E-state index contributed by atoms with van der Waals surface area (Å²) in [4.78, 5) is 44.5. The fourth-order valence-corrected chi connectivity index (χ4v) is 6.64. The second-order valence-electron chi connectivity index (χ2n) is 10.4. The maximum absolute atomic E-state index is 14.4. The van der Waals surface area contributed by atoms with E-state index in [-0.39, 0.29) is 38.1 Å². The van der Waals surface area contributed by atoms with Crippen LogP contribution in [0.15, 0.2) is 40.2 Å². The summed E-state index contributed by atoms with van der Waals surface area (Å²) in [6.45, 7) is 5.58. The zero-order chi connectivity index (χ0) is 30.1. The van der Waals surface area contributed by atoms with Crippen LogP contribution >= 0.6 is 11.3 Å². The number of thiophene rings is 1. The number of nitrogens with zero attached hydrogens (tertiary/aromatic N) is 6. The Kier molecular flexibility index (Phi) is 8.57. The lowest BCUT2D eigenvalue weighted by Gasteiger charge is -2.23. The van der Waals surface area contributed by atoms with Gasteiger partial charge in [-0.2, -0.15) is 10.2 Å². The van der Waals surface area contributed by atoms with Crippen molar-refractivity contribution in [3.8, 4) is 10.8 Å². The molecule has 1 aromatic carbocycles. The summed E-state index contributed by atoms with van der Waals surface area (Å²) < 4.78 is 28.5. The van der Waals surface area contributed by atoms with Gasteiger partial charge in [-0.15, -0.1) is 4.80 Å². The number of carbonyl (C=O) groups is 1. The van der Waals surface area contributed by atoms with Crippen molar-refractivity contribution in [2.24, 2.45) is 5.92 Å². The van der Waals surface area contributed by atoms with E-state index in [0.29, 0.717) is 45.1 Å². The van der Waals surface area contributed by atoms with E-state index in [1.807, 2.05) is 13.8 Å². The zero-order valence-corrected chi connectivity index (χ0v) is 24.6. The summed E-state index contributed by atoms with van der Waals surface area (Å²) in [5.74, 6) is -0.431. The molecule has 42 heavy (non-hydrogen) atoms. The Balaban J connectivity index is 1.71. The summed E-state index contributed by atoms with van der Waals surface area (Å²) in [5.41, 5.74) is -0.0903. The number of benzene rings is 1. The minimum absolute atomic E-state index is 0.0404. The number of aliphatic hydroxyl groups is 1. The molecule has 0 saturated carbocycles. The van der Waals surface area contributed by atoms with Crippen molar-refractivity contribution in [1.29, 1.82) is 0 Å². The van der Waals surface area contributed by atoms with Crippen LogP contribution in [0.2, 0.25) is 0 Å². The molecular weight excluding hydrogens is 567 g/mol. The summed E-state index contributed by atoms with van der Waals surface area (Å²) >= 11 is 1.18. The SMILES string of the molecule is COc1ccc(F)cc1C(Cn1c(=O)n(C2CCN(C(=O)C(C)C)C2)c(=O)c2c(C)c(-n3nccn3)sc21)OCCO. The molecule has 1 amide bonds. The van der Waals surface area contributed by atoms with E-state index in [0.717, 1.165) is 0 Å². The van der Waals surface area contributed by atoms with Crippen LogP contribution in [0.25, 0.3) is 15.2 Å². The third kappa shape index (κ3) is 5.37. The molecule has 1 aliphatic heterocycles. The fraction of sp³-hybridized carbons (Fsp3) is 0.464. The van der Waals surface area contributed by atoms with Gasteiger partial charge in [-0.3, -0.25) is 18.7 Å². The van der Waals surface area contributed by atoms with Crippen LogP contribution in [0.4, 0.5) is 4.39 Å². The van der Waals surface area contributed by atoms with Gasteiger partial charge in [0, 0.05) is 30.1 Å². The predicted molar refractivity (Wildman–Crippen MR) is 154 cm³/mol. The van der Waals surface area contributed by atoms with Gasteiger partial charge in [-0.1, -0.05) is 25.2 Å². The number of likely N-dealkylation sites (tertiary alicyclic amines) is 1. The maximum atomic E-state index is 14.4. The molecule has 5 rings (SSSR count). The van der Waals surface area contributed by atoms with Crippen LogP contribution in [0.5, 0.6) is 5.75 Å².